The second-order valence-electron chi connectivity index (χ2n) is 6.28. The molecule has 0 fully saturated rings. The summed E-state index contributed by atoms with van der Waals surface area (Å²) in [5, 5.41) is 11.6. The van der Waals surface area contributed by atoms with Crippen LogP contribution in [0.5, 0.6) is 0 Å². The zero-order valence-corrected chi connectivity index (χ0v) is 16.2. The van der Waals surface area contributed by atoms with Gasteiger partial charge in [-0.3, -0.25) is 4.90 Å². The van der Waals surface area contributed by atoms with Crippen molar-refractivity contribution in [1.29, 1.82) is 0 Å². The van der Waals surface area contributed by atoms with E-state index in [1.165, 1.54) is 35.0 Å². The fourth-order valence-corrected chi connectivity index (χ4v) is 3.36. The molecule has 0 N–H and O–H groups in total. The van der Waals surface area contributed by atoms with E-state index in [-0.39, 0.29) is 23.5 Å². The Balaban J connectivity index is 1.83. The highest BCUT2D eigenvalue weighted by molar-refractivity contribution is 7.90. The summed E-state index contributed by atoms with van der Waals surface area (Å²) < 4.78 is 52.5. The molecule has 3 aromatic rings. The number of benzene rings is 2. The molecule has 0 saturated carbocycles. The Morgan fingerprint density at radius 3 is 2.25 bits per heavy atom. The fourth-order valence-electron chi connectivity index (χ4n) is 2.73. The van der Waals surface area contributed by atoms with Gasteiger partial charge in [-0.1, -0.05) is 13.0 Å². The monoisotopic (exact) mass is 407 g/mol. The number of tetrazole rings is 1. The molecule has 1 heterocycles. The maximum absolute atomic E-state index is 13.9. The minimum absolute atomic E-state index is 0.0131. The summed E-state index contributed by atoms with van der Waals surface area (Å²) >= 11 is 0. The van der Waals surface area contributed by atoms with Crippen molar-refractivity contribution in [3.05, 3.63) is 65.5 Å². The molecule has 0 aliphatic rings. The number of hydrogen-bond donors (Lipinski definition) is 0. The van der Waals surface area contributed by atoms with Crippen LogP contribution in [0.4, 0.5) is 8.78 Å². The maximum atomic E-state index is 13.9. The molecule has 0 atom stereocenters. The third kappa shape index (κ3) is 4.39. The van der Waals surface area contributed by atoms with Crippen molar-refractivity contribution in [2.45, 2.75) is 24.9 Å². The van der Waals surface area contributed by atoms with Gasteiger partial charge in [-0.05, 0) is 53.4 Å². The Morgan fingerprint density at radius 2 is 1.68 bits per heavy atom. The first-order valence-electron chi connectivity index (χ1n) is 8.52. The topological polar surface area (TPSA) is 81.0 Å². The summed E-state index contributed by atoms with van der Waals surface area (Å²) in [6, 6.07) is 9.92. The summed E-state index contributed by atoms with van der Waals surface area (Å²) in [6.07, 6.45) is 1.13. The van der Waals surface area contributed by atoms with Gasteiger partial charge < -0.3 is 0 Å². The molecule has 0 saturated heterocycles. The van der Waals surface area contributed by atoms with E-state index < -0.39 is 21.5 Å². The predicted molar refractivity (Wildman–Crippen MR) is 98.4 cm³/mol. The molecule has 0 unspecified atom stereocenters. The third-order valence-electron chi connectivity index (χ3n) is 4.30. The standard InChI is InChI=1S/C18H19F2N5O2S/c1-3-24(11-15-16(19)5-4-6-17(15)20)12-18-21-22-23-25(18)13-7-9-14(10-8-13)28(2,26)27/h4-10H,3,11-12H2,1-2H3. The Bertz CT molecular complexity index is 1050. The summed E-state index contributed by atoms with van der Waals surface area (Å²) in [4.78, 5) is 1.99. The van der Waals surface area contributed by atoms with Crippen LogP contribution >= 0.6 is 0 Å². The third-order valence-corrected chi connectivity index (χ3v) is 5.43. The average molecular weight is 407 g/mol. The van der Waals surface area contributed by atoms with E-state index in [4.69, 9.17) is 0 Å². The highest BCUT2D eigenvalue weighted by Crippen LogP contribution is 2.18. The van der Waals surface area contributed by atoms with Gasteiger partial charge in [-0.15, -0.1) is 5.10 Å². The molecule has 28 heavy (non-hydrogen) atoms. The van der Waals surface area contributed by atoms with Crippen molar-refractivity contribution < 1.29 is 17.2 Å². The van der Waals surface area contributed by atoms with Crippen molar-refractivity contribution >= 4 is 9.84 Å². The highest BCUT2D eigenvalue weighted by atomic mass is 32.2. The molecular formula is C18H19F2N5O2S. The van der Waals surface area contributed by atoms with Crippen LogP contribution in [0.1, 0.15) is 18.3 Å². The quantitative estimate of drug-likeness (QED) is 0.598. The minimum Gasteiger partial charge on any atom is -0.292 e. The van der Waals surface area contributed by atoms with Crippen LogP contribution in [-0.2, 0) is 22.9 Å². The largest absolute Gasteiger partial charge is 0.292 e. The van der Waals surface area contributed by atoms with Crippen LogP contribution in [0.3, 0.4) is 0 Å². The first kappa shape index (κ1) is 20.0. The number of halogens is 2. The van der Waals surface area contributed by atoms with E-state index in [0.29, 0.717) is 18.1 Å². The molecule has 0 spiro atoms. The lowest BCUT2D eigenvalue weighted by atomic mass is 10.2. The fraction of sp³-hybridized carbons (Fsp3) is 0.278. The zero-order chi connectivity index (χ0) is 20.3. The van der Waals surface area contributed by atoms with Gasteiger partial charge in [-0.25, -0.2) is 17.2 Å². The second-order valence-corrected chi connectivity index (χ2v) is 8.29. The molecule has 148 valence electrons. The molecule has 0 aliphatic heterocycles. The minimum atomic E-state index is -3.30. The smallest absolute Gasteiger partial charge is 0.175 e. The van der Waals surface area contributed by atoms with Crippen LogP contribution in [0.25, 0.3) is 5.69 Å². The summed E-state index contributed by atoms with van der Waals surface area (Å²) in [7, 11) is -3.30. The van der Waals surface area contributed by atoms with Gasteiger partial charge in [0.25, 0.3) is 0 Å². The number of aromatic nitrogens is 4. The van der Waals surface area contributed by atoms with Crippen molar-refractivity contribution in [2.75, 3.05) is 12.8 Å². The van der Waals surface area contributed by atoms with E-state index in [9.17, 15) is 17.2 Å². The first-order chi connectivity index (χ1) is 13.3. The van der Waals surface area contributed by atoms with E-state index in [2.05, 4.69) is 15.5 Å². The van der Waals surface area contributed by atoms with Crippen LogP contribution in [0.15, 0.2) is 47.4 Å². The van der Waals surface area contributed by atoms with Gasteiger partial charge in [0.2, 0.25) is 0 Å². The highest BCUT2D eigenvalue weighted by Gasteiger charge is 2.17. The Morgan fingerprint density at radius 1 is 1.04 bits per heavy atom. The SMILES string of the molecule is CCN(Cc1c(F)cccc1F)Cc1nnnn1-c1ccc(S(C)(=O)=O)cc1. The number of nitrogens with zero attached hydrogens (tertiary/aromatic N) is 5. The van der Waals surface area contributed by atoms with Crippen LogP contribution in [-0.4, -0.2) is 46.3 Å². The lowest BCUT2D eigenvalue weighted by Gasteiger charge is -2.20. The van der Waals surface area contributed by atoms with Gasteiger partial charge in [0.1, 0.15) is 11.6 Å². The van der Waals surface area contributed by atoms with Crippen LogP contribution in [0.2, 0.25) is 0 Å². The lowest BCUT2D eigenvalue weighted by Crippen LogP contribution is -2.25. The van der Waals surface area contributed by atoms with Crippen molar-refractivity contribution in [1.82, 2.24) is 25.1 Å². The van der Waals surface area contributed by atoms with E-state index in [1.54, 1.807) is 17.0 Å². The maximum Gasteiger partial charge on any atom is 0.175 e. The Labute approximate surface area is 161 Å². The van der Waals surface area contributed by atoms with Gasteiger partial charge in [-0.2, -0.15) is 4.68 Å². The van der Waals surface area contributed by atoms with E-state index in [1.807, 2.05) is 6.92 Å². The molecule has 3 rings (SSSR count). The summed E-state index contributed by atoms with van der Waals surface area (Å²) in [5.74, 6) is -0.741. The predicted octanol–water partition coefficient (Wildman–Crippen LogP) is 2.37. The number of sulfone groups is 1. The van der Waals surface area contributed by atoms with Crippen LogP contribution in [0, 0.1) is 11.6 Å². The van der Waals surface area contributed by atoms with Crippen molar-refractivity contribution in [3.63, 3.8) is 0 Å². The molecule has 0 aliphatic carbocycles. The van der Waals surface area contributed by atoms with Crippen molar-refractivity contribution in [2.24, 2.45) is 0 Å². The average Bonchev–Trinajstić information content (AvgIpc) is 3.11. The summed E-state index contributed by atoms with van der Waals surface area (Å²) in [5.41, 5.74) is 0.571. The van der Waals surface area contributed by atoms with Gasteiger partial charge in [0.15, 0.2) is 15.7 Å². The van der Waals surface area contributed by atoms with Crippen molar-refractivity contribution in [3.8, 4) is 5.69 Å². The molecule has 0 amide bonds. The molecule has 10 heteroatoms. The molecule has 7 nitrogen and oxygen atoms in total. The summed E-state index contributed by atoms with van der Waals surface area (Å²) in [6.45, 7) is 2.71. The Kier molecular flexibility index (Phi) is 5.80. The van der Waals surface area contributed by atoms with E-state index in [0.717, 1.165) is 6.26 Å². The normalized spacial score (nSPS) is 11.9. The van der Waals surface area contributed by atoms with Gasteiger partial charge >= 0.3 is 0 Å². The van der Waals surface area contributed by atoms with Gasteiger partial charge in [0.05, 0.1) is 17.1 Å². The molecule has 0 bridgehead atoms. The molecule has 0 radical (unpaired) electrons. The number of hydrogen-bond acceptors (Lipinski definition) is 6. The lowest BCUT2D eigenvalue weighted by molar-refractivity contribution is 0.254. The Hall–Kier alpha value is -2.72. The van der Waals surface area contributed by atoms with E-state index >= 15 is 0 Å². The number of rotatable bonds is 7. The first-order valence-corrected chi connectivity index (χ1v) is 10.4. The second kappa shape index (κ2) is 8.11. The van der Waals surface area contributed by atoms with Crippen LogP contribution < -0.4 is 0 Å². The molecule has 1 aromatic heterocycles. The molecular weight excluding hydrogens is 388 g/mol. The van der Waals surface area contributed by atoms with Gasteiger partial charge in [0, 0.05) is 18.4 Å². The molecule has 2 aromatic carbocycles. The zero-order valence-electron chi connectivity index (χ0n) is 15.4.